The van der Waals surface area contributed by atoms with Gasteiger partial charge in [-0.05, 0) is 84.6 Å². The van der Waals surface area contributed by atoms with Crippen LogP contribution in [0.15, 0.2) is 66.7 Å². The fourth-order valence-corrected chi connectivity index (χ4v) is 5.87. The molecule has 0 aliphatic heterocycles. The molecule has 13 heteroatoms. The predicted octanol–water partition coefficient (Wildman–Crippen LogP) is 7.54. The van der Waals surface area contributed by atoms with Gasteiger partial charge in [-0.25, -0.2) is 8.78 Å². The number of aromatic amines is 1. The van der Waals surface area contributed by atoms with Gasteiger partial charge in [0.05, 0.1) is 39.9 Å². The summed E-state index contributed by atoms with van der Waals surface area (Å²) >= 11 is 0. The molecule has 0 aliphatic carbocycles. The second-order valence-electron chi connectivity index (χ2n) is 11.2. The first kappa shape index (κ1) is 33.9. The number of nitrogens with two attached hydrogens (primary N) is 2. The van der Waals surface area contributed by atoms with E-state index in [1.807, 2.05) is 12.1 Å². The van der Waals surface area contributed by atoms with Crippen molar-refractivity contribution < 1.29 is 31.5 Å². The third kappa shape index (κ3) is 6.17. The van der Waals surface area contributed by atoms with E-state index in [2.05, 4.69) is 4.98 Å². The summed E-state index contributed by atoms with van der Waals surface area (Å²) in [6, 6.07) is 18.6. The van der Waals surface area contributed by atoms with Crippen LogP contribution in [0.25, 0.3) is 44.1 Å². The molecular formula is C36H25F5N6O2. The van der Waals surface area contributed by atoms with E-state index in [9.17, 15) is 42.1 Å². The Morgan fingerprint density at radius 3 is 1.86 bits per heavy atom. The van der Waals surface area contributed by atoms with Gasteiger partial charge in [0.25, 0.3) is 11.8 Å². The highest BCUT2D eigenvalue weighted by Crippen LogP contribution is 2.37. The summed E-state index contributed by atoms with van der Waals surface area (Å²) in [4.78, 5) is 26.2. The Bertz CT molecular complexity index is 2410. The van der Waals surface area contributed by atoms with E-state index in [4.69, 9.17) is 11.5 Å². The predicted molar refractivity (Wildman–Crippen MR) is 173 cm³/mol. The van der Waals surface area contributed by atoms with Gasteiger partial charge >= 0.3 is 6.18 Å². The maximum atomic E-state index is 13.5. The summed E-state index contributed by atoms with van der Waals surface area (Å²) in [6.45, 7) is 3.43. The van der Waals surface area contributed by atoms with Crippen LogP contribution in [0.5, 0.6) is 0 Å². The van der Waals surface area contributed by atoms with Crippen LogP contribution in [-0.4, -0.2) is 21.4 Å². The first-order valence-electron chi connectivity index (χ1n) is 14.4. The number of aryl methyl sites for hydroxylation is 3. The van der Waals surface area contributed by atoms with Crippen molar-refractivity contribution in [2.75, 3.05) is 0 Å². The Labute approximate surface area is 275 Å². The lowest BCUT2D eigenvalue weighted by atomic mass is 9.98. The monoisotopic (exact) mass is 668 g/mol. The molecule has 2 heterocycles. The van der Waals surface area contributed by atoms with Crippen molar-refractivity contribution in [3.8, 4) is 34.4 Å². The number of hydrogen-bond donors (Lipinski definition) is 3. The lowest BCUT2D eigenvalue weighted by Crippen LogP contribution is -2.16. The number of alkyl halides is 3. The van der Waals surface area contributed by atoms with Crippen molar-refractivity contribution in [1.29, 1.82) is 10.5 Å². The van der Waals surface area contributed by atoms with Crippen molar-refractivity contribution in [2.24, 2.45) is 18.5 Å². The zero-order chi connectivity index (χ0) is 35.9. The fourth-order valence-electron chi connectivity index (χ4n) is 5.87. The maximum absolute atomic E-state index is 13.5. The molecule has 0 unspecified atom stereocenters. The molecule has 8 nitrogen and oxygen atoms in total. The highest BCUT2D eigenvalue weighted by atomic mass is 19.4. The molecule has 5 N–H and O–H groups in total. The molecule has 2 aromatic heterocycles. The minimum atomic E-state index is -4.43. The summed E-state index contributed by atoms with van der Waals surface area (Å²) in [5.41, 5.74) is 15.6. The Hall–Kier alpha value is -6.47. The SMILES string of the molecule is Cc1c(C(N)=O)[nH]c2c(-c3ccc(F)c(F)c3)cc(C#N)cc12.Cc1c(C(N)=O)n(C)c2c(-c3ccc(C(F)(F)F)cc3)cc(C#N)cc12. The molecule has 4 aromatic carbocycles. The second kappa shape index (κ2) is 12.6. The molecule has 0 bridgehead atoms. The standard InChI is InChI=1S/C19H14F3N3O.C17H11F2N3O/c1-10-14-7-11(9-23)8-15(17(14)25(2)16(10)18(24)26)12-3-5-13(6-4-12)19(20,21)22;1-8-11-4-9(7-20)5-12(16(11)22-15(8)17(21)23)10-2-3-13(18)14(19)6-10/h3-8H,1-2H3,(H2,24,26);2-6,22H,1H3,(H2,21,23). The molecule has 0 aliphatic rings. The number of nitrogens with zero attached hydrogens (tertiary/aromatic N) is 3. The van der Waals surface area contributed by atoms with E-state index in [1.54, 1.807) is 49.7 Å². The zero-order valence-electron chi connectivity index (χ0n) is 26.1. The molecule has 246 valence electrons. The van der Waals surface area contributed by atoms with Gasteiger partial charge in [-0.15, -0.1) is 0 Å². The molecule has 0 fully saturated rings. The zero-order valence-corrected chi connectivity index (χ0v) is 26.1. The largest absolute Gasteiger partial charge is 0.416 e. The van der Waals surface area contributed by atoms with Gasteiger partial charge in [0.1, 0.15) is 11.4 Å². The minimum absolute atomic E-state index is 0.221. The molecule has 0 spiro atoms. The highest BCUT2D eigenvalue weighted by Gasteiger charge is 2.30. The first-order valence-corrected chi connectivity index (χ1v) is 14.4. The quantitative estimate of drug-likeness (QED) is 0.166. The summed E-state index contributed by atoms with van der Waals surface area (Å²) in [5, 5.41) is 19.8. The van der Waals surface area contributed by atoms with Gasteiger partial charge in [0.2, 0.25) is 0 Å². The van der Waals surface area contributed by atoms with Crippen LogP contribution in [0.2, 0.25) is 0 Å². The third-order valence-electron chi connectivity index (χ3n) is 8.20. The number of fused-ring (bicyclic) bond motifs is 2. The highest BCUT2D eigenvalue weighted by molar-refractivity contribution is 6.06. The second-order valence-corrected chi connectivity index (χ2v) is 11.2. The number of primary amides is 2. The minimum Gasteiger partial charge on any atom is -0.364 e. The Kier molecular flexibility index (Phi) is 8.72. The lowest BCUT2D eigenvalue weighted by Gasteiger charge is -2.11. The molecule has 6 rings (SSSR count). The number of nitrogens with one attached hydrogen (secondary N) is 1. The van der Waals surface area contributed by atoms with Crippen LogP contribution in [0.1, 0.15) is 48.8 Å². The molecule has 49 heavy (non-hydrogen) atoms. The Morgan fingerprint density at radius 2 is 1.33 bits per heavy atom. The smallest absolute Gasteiger partial charge is 0.364 e. The van der Waals surface area contributed by atoms with E-state index in [1.165, 1.54) is 18.2 Å². The number of H-pyrrole nitrogens is 1. The van der Waals surface area contributed by atoms with E-state index in [0.717, 1.165) is 24.3 Å². The number of rotatable bonds is 4. The van der Waals surface area contributed by atoms with E-state index in [0.29, 0.717) is 72.0 Å². The molecule has 0 radical (unpaired) electrons. The normalized spacial score (nSPS) is 11.1. The van der Waals surface area contributed by atoms with Gasteiger partial charge in [-0.3, -0.25) is 9.59 Å². The molecular weight excluding hydrogens is 643 g/mol. The molecule has 2 amide bonds. The van der Waals surface area contributed by atoms with Crippen molar-refractivity contribution in [1.82, 2.24) is 9.55 Å². The van der Waals surface area contributed by atoms with Gasteiger partial charge in [-0.1, -0.05) is 18.2 Å². The van der Waals surface area contributed by atoms with E-state index in [-0.39, 0.29) is 5.69 Å². The summed E-state index contributed by atoms with van der Waals surface area (Å²) in [6.07, 6.45) is -4.43. The van der Waals surface area contributed by atoms with E-state index < -0.39 is 35.2 Å². The summed E-state index contributed by atoms with van der Waals surface area (Å²) in [5.74, 6) is -3.19. The third-order valence-corrected chi connectivity index (χ3v) is 8.20. The van der Waals surface area contributed by atoms with Crippen molar-refractivity contribution in [3.63, 3.8) is 0 Å². The van der Waals surface area contributed by atoms with Gasteiger partial charge in [-0.2, -0.15) is 23.7 Å². The topological polar surface area (TPSA) is 154 Å². The van der Waals surface area contributed by atoms with E-state index >= 15 is 0 Å². The number of aromatic nitrogens is 2. The van der Waals surface area contributed by atoms with Crippen LogP contribution >= 0.6 is 0 Å². The number of halogens is 5. The van der Waals surface area contributed by atoms with Gasteiger partial charge < -0.3 is 21.0 Å². The Morgan fingerprint density at radius 1 is 0.755 bits per heavy atom. The summed E-state index contributed by atoms with van der Waals surface area (Å²) in [7, 11) is 1.66. The van der Waals surface area contributed by atoms with Gasteiger partial charge in [0.15, 0.2) is 11.6 Å². The van der Waals surface area contributed by atoms with Crippen molar-refractivity contribution in [2.45, 2.75) is 20.0 Å². The first-order chi connectivity index (χ1) is 23.1. The Balaban J connectivity index is 0.000000192. The lowest BCUT2D eigenvalue weighted by molar-refractivity contribution is -0.137. The van der Waals surface area contributed by atoms with Crippen LogP contribution in [0.4, 0.5) is 22.0 Å². The molecule has 0 saturated carbocycles. The van der Waals surface area contributed by atoms with Gasteiger partial charge in [0, 0.05) is 28.9 Å². The number of carbonyl (C=O) groups excluding carboxylic acids is 2. The maximum Gasteiger partial charge on any atom is 0.416 e. The molecule has 6 aromatic rings. The van der Waals surface area contributed by atoms with Crippen LogP contribution in [0, 0.1) is 48.1 Å². The number of nitriles is 2. The number of benzene rings is 4. The van der Waals surface area contributed by atoms with Crippen LogP contribution in [0.3, 0.4) is 0 Å². The average molecular weight is 669 g/mol. The average Bonchev–Trinajstić information content (AvgIpc) is 3.53. The number of carbonyl (C=O) groups is 2. The van der Waals surface area contributed by atoms with Crippen LogP contribution in [-0.2, 0) is 13.2 Å². The van der Waals surface area contributed by atoms with Crippen LogP contribution < -0.4 is 11.5 Å². The van der Waals surface area contributed by atoms with Crippen molar-refractivity contribution in [3.05, 3.63) is 118 Å². The number of hydrogen-bond acceptors (Lipinski definition) is 4. The molecule has 0 saturated heterocycles. The summed E-state index contributed by atoms with van der Waals surface area (Å²) < 4.78 is 66.7. The fraction of sp³-hybridized carbons (Fsp3) is 0.111. The van der Waals surface area contributed by atoms with Crippen molar-refractivity contribution >= 4 is 33.6 Å². The molecule has 0 atom stereocenters. The number of amides is 2.